The molecular formula is C14H24N6. The smallest absolute Gasteiger partial charge is 0.180 e. The molecule has 0 unspecified atom stereocenters. The van der Waals surface area contributed by atoms with Crippen molar-refractivity contribution in [1.82, 2.24) is 19.3 Å². The predicted molar refractivity (Wildman–Crippen MR) is 83.4 cm³/mol. The van der Waals surface area contributed by atoms with Crippen molar-refractivity contribution in [2.45, 2.75) is 19.8 Å². The molecule has 2 heterocycles. The molecule has 2 aromatic rings. The van der Waals surface area contributed by atoms with Crippen molar-refractivity contribution < 1.29 is 0 Å². The Morgan fingerprint density at radius 1 is 1.25 bits per heavy atom. The molecule has 0 bridgehead atoms. The van der Waals surface area contributed by atoms with Crippen molar-refractivity contribution in [2.24, 2.45) is 0 Å². The highest BCUT2D eigenvalue weighted by Gasteiger charge is 2.06. The number of anilines is 2. The SMILES string of the molecule is CCCNc1cn2ccnc2c(NCCCN(C)C)n1. The van der Waals surface area contributed by atoms with Crippen molar-refractivity contribution in [3.8, 4) is 0 Å². The van der Waals surface area contributed by atoms with Crippen molar-refractivity contribution in [2.75, 3.05) is 44.4 Å². The monoisotopic (exact) mass is 276 g/mol. The van der Waals surface area contributed by atoms with E-state index in [-0.39, 0.29) is 0 Å². The van der Waals surface area contributed by atoms with Crippen LogP contribution in [-0.2, 0) is 0 Å². The second-order valence-electron chi connectivity index (χ2n) is 5.14. The van der Waals surface area contributed by atoms with Gasteiger partial charge in [0.2, 0.25) is 0 Å². The van der Waals surface area contributed by atoms with Crippen LogP contribution in [0.1, 0.15) is 19.8 Å². The number of hydrogen-bond donors (Lipinski definition) is 2. The summed E-state index contributed by atoms with van der Waals surface area (Å²) in [6.45, 7) is 5.02. The summed E-state index contributed by atoms with van der Waals surface area (Å²) in [5.74, 6) is 1.72. The second-order valence-corrected chi connectivity index (χ2v) is 5.14. The van der Waals surface area contributed by atoms with Crippen LogP contribution in [0.5, 0.6) is 0 Å². The second kappa shape index (κ2) is 7.09. The van der Waals surface area contributed by atoms with Crippen molar-refractivity contribution in [3.63, 3.8) is 0 Å². The summed E-state index contributed by atoms with van der Waals surface area (Å²) in [5, 5.41) is 6.70. The third-order valence-electron chi connectivity index (χ3n) is 3.00. The molecule has 0 amide bonds. The first-order valence-electron chi connectivity index (χ1n) is 7.17. The van der Waals surface area contributed by atoms with Gasteiger partial charge in [-0.1, -0.05) is 6.92 Å². The van der Waals surface area contributed by atoms with Crippen LogP contribution >= 0.6 is 0 Å². The molecule has 0 spiro atoms. The van der Waals surface area contributed by atoms with Crippen molar-refractivity contribution >= 4 is 17.3 Å². The molecule has 0 saturated heterocycles. The van der Waals surface area contributed by atoms with Gasteiger partial charge in [0.25, 0.3) is 0 Å². The van der Waals surface area contributed by atoms with Gasteiger partial charge in [-0.3, -0.25) is 0 Å². The van der Waals surface area contributed by atoms with E-state index >= 15 is 0 Å². The van der Waals surface area contributed by atoms with E-state index < -0.39 is 0 Å². The standard InChI is InChI=1S/C14H24N6/c1-4-6-15-12-11-20-10-8-17-14(20)13(18-12)16-7-5-9-19(2)3/h8,10-11,15H,4-7,9H2,1-3H3,(H,16,18). The van der Waals surface area contributed by atoms with E-state index in [9.17, 15) is 0 Å². The van der Waals surface area contributed by atoms with E-state index in [0.29, 0.717) is 0 Å². The Morgan fingerprint density at radius 2 is 2.10 bits per heavy atom. The largest absolute Gasteiger partial charge is 0.369 e. The van der Waals surface area contributed by atoms with Crippen LogP contribution in [-0.4, -0.2) is 53.0 Å². The highest BCUT2D eigenvalue weighted by molar-refractivity contribution is 5.65. The first kappa shape index (κ1) is 14.6. The lowest BCUT2D eigenvalue weighted by atomic mass is 10.4. The van der Waals surface area contributed by atoms with Crippen LogP contribution in [0.4, 0.5) is 11.6 Å². The van der Waals surface area contributed by atoms with E-state index in [0.717, 1.165) is 49.8 Å². The van der Waals surface area contributed by atoms with Gasteiger partial charge in [-0.05, 0) is 33.5 Å². The fourth-order valence-corrected chi connectivity index (χ4v) is 1.99. The van der Waals surface area contributed by atoms with Gasteiger partial charge in [0.15, 0.2) is 11.5 Å². The first-order valence-corrected chi connectivity index (χ1v) is 7.17. The fraction of sp³-hybridized carbons (Fsp3) is 0.571. The number of nitrogens with one attached hydrogen (secondary N) is 2. The number of fused-ring (bicyclic) bond motifs is 1. The lowest BCUT2D eigenvalue weighted by Gasteiger charge is -2.12. The molecule has 0 aliphatic heterocycles. The summed E-state index contributed by atoms with van der Waals surface area (Å²) in [5.41, 5.74) is 0.872. The maximum Gasteiger partial charge on any atom is 0.180 e. The molecule has 2 rings (SSSR count). The quantitative estimate of drug-likeness (QED) is 0.721. The topological polar surface area (TPSA) is 57.5 Å². The summed E-state index contributed by atoms with van der Waals surface area (Å²) in [4.78, 5) is 11.1. The van der Waals surface area contributed by atoms with E-state index in [4.69, 9.17) is 0 Å². The number of aromatic nitrogens is 3. The van der Waals surface area contributed by atoms with Crippen LogP contribution in [0.25, 0.3) is 5.65 Å². The molecule has 6 heteroatoms. The summed E-state index contributed by atoms with van der Waals surface area (Å²) in [7, 11) is 4.17. The summed E-state index contributed by atoms with van der Waals surface area (Å²) in [6.07, 6.45) is 7.87. The maximum atomic E-state index is 4.61. The Balaban J connectivity index is 2.07. The van der Waals surface area contributed by atoms with E-state index in [1.165, 1.54) is 0 Å². The van der Waals surface area contributed by atoms with Gasteiger partial charge in [-0.2, -0.15) is 0 Å². The highest BCUT2D eigenvalue weighted by Crippen LogP contribution is 2.16. The van der Waals surface area contributed by atoms with Gasteiger partial charge in [-0.15, -0.1) is 0 Å². The van der Waals surface area contributed by atoms with Gasteiger partial charge >= 0.3 is 0 Å². The van der Waals surface area contributed by atoms with Crippen LogP contribution < -0.4 is 10.6 Å². The Hall–Kier alpha value is -1.82. The lowest BCUT2D eigenvalue weighted by Crippen LogP contribution is -2.17. The zero-order valence-electron chi connectivity index (χ0n) is 12.6. The zero-order chi connectivity index (χ0) is 14.4. The maximum absolute atomic E-state index is 4.61. The molecule has 0 aliphatic rings. The molecule has 2 aromatic heterocycles. The van der Waals surface area contributed by atoms with Gasteiger partial charge < -0.3 is 19.9 Å². The molecule has 110 valence electrons. The third kappa shape index (κ3) is 3.84. The molecular weight excluding hydrogens is 252 g/mol. The van der Waals surface area contributed by atoms with E-state index in [2.05, 4.69) is 46.5 Å². The number of imidazole rings is 1. The molecule has 2 N–H and O–H groups in total. The minimum Gasteiger partial charge on any atom is -0.369 e. The van der Waals surface area contributed by atoms with Crippen LogP contribution in [0.3, 0.4) is 0 Å². The molecule has 0 saturated carbocycles. The van der Waals surface area contributed by atoms with Gasteiger partial charge in [0.1, 0.15) is 5.82 Å². The van der Waals surface area contributed by atoms with Gasteiger partial charge in [0.05, 0.1) is 6.20 Å². The van der Waals surface area contributed by atoms with Gasteiger partial charge in [-0.25, -0.2) is 9.97 Å². The van der Waals surface area contributed by atoms with Crippen LogP contribution in [0.15, 0.2) is 18.6 Å². The molecule has 0 aromatic carbocycles. The minimum atomic E-state index is 0.842. The normalized spacial score (nSPS) is 11.2. The lowest BCUT2D eigenvalue weighted by molar-refractivity contribution is 0.405. The Labute approximate surface area is 120 Å². The zero-order valence-corrected chi connectivity index (χ0v) is 12.6. The summed E-state index contributed by atoms with van der Waals surface area (Å²) in [6, 6.07) is 0. The Morgan fingerprint density at radius 3 is 2.85 bits per heavy atom. The molecule has 20 heavy (non-hydrogen) atoms. The molecule has 0 radical (unpaired) electrons. The number of nitrogens with zero attached hydrogens (tertiary/aromatic N) is 4. The molecule has 0 fully saturated rings. The highest BCUT2D eigenvalue weighted by atomic mass is 15.1. The third-order valence-corrected chi connectivity index (χ3v) is 3.00. The van der Waals surface area contributed by atoms with Crippen LogP contribution in [0.2, 0.25) is 0 Å². The van der Waals surface area contributed by atoms with E-state index in [1.54, 1.807) is 6.20 Å². The predicted octanol–water partition coefficient (Wildman–Crippen LogP) is 1.91. The molecule has 0 atom stereocenters. The van der Waals surface area contributed by atoms with E-state index in [1.807, 2.05) is 16.8 Å². The number of hydrogen-bond acceptors (Lipinski definition) is 5. The van der Waals surface area contributed by atoms with Crippen LogP contribution in [0, 0.1) is 0 Å². The number of rotatable bonds is 8. The Kier molecular flexibility index (Phi) is 5.17. The average molecular weight is 276 g/mol. The molecule has 0 aliphatic carbocycles. The molecule has 6 nitrogen and oxygen atoms in total. The van der Waals surface area contributed by atoms with Gasteiger partial charge in [0, 0.05) is 25.5 Å². The average Bonchev–Trinajstić information content (AvgIpc) is 2.89. The summed E-state index contributed by atoms with van der Waals surface area (Å²) < 4.78 is 2.00. The summed E-state index contributed by atoms with van der Waals surface area (Å²) >= 11 is 0. The first-order chi connectivity index (χ1) is 9.70. The Bertz CT molecular complexity index is 533. The fourth-order valence-electron chi connectivity index (χ4n) is 1.99. The minimum absolute atomic E-state index is 0.842. The van der Waals surface area contributed by atoms with Crippen molar-refractivity contribution in [1.29, 1.82) is 0 Å². The van der Waals surface area contributed by atoms with Crippen molar-refractivity contribution in [3.05, 3.63) is 18.6 Å².